The van der Waals surface area contributed by atoms with Crippen molar-refractivity contribution in [2.45, 2.75) is 38.8 Å². The molecule has 0 radical (unpaired) electrons. The van der Waals surface area contributed by atoms with E-state index in [9.17, 15) is 4.79 Å². The third-order valence-corrected chi connectivity index (χ3v) is 3.87. The Morgan fingerprint density at radius 1 is 1.32 bits per heavy atom. The molecule has 2 rings (SSSR count). The average Bonchev–Trinajstić information content (AvgIpc) is 2.91. The van der Waals surface area contributed by atoms with Gasteiger partial charge in [0.25, 0.3) is 0 Å². The van der Waals surface area contributed by atoms with E-state index in [1.807, 2.05) is 36.1 Å². The first kappa shape index (κ1) is 14.4. The topological polar surface area (TPSA) is 32.3 Å². The number of rotatable bonds is 4. The molecule has 0 bridgehead atoms. The van der Waals surface area contributed by atoms with Gasteiger partial charge < -0.3 is 4.90 Å². The summed E-state index contributed by atoms with van der Waals surface area (Å²) in [5.74, 6) is 0.200. The monoisotopic (exact) mass is 280 g/mol. The Balaban J connectivity index is 1.94. The maximum Gasteiger partial charge on any atom is 0.239 e. The average molecular weight is 281 g/mol. The molecule has 1 heterocycles. The molecule has 1 fully saturated rings. The summed E-state index contributed by atoms with van der Waals surface area (Å²) >= 11 is 5.99. The highest BCUT2D eigenvalue weighted by atomic mass is 35.5. The van der Waals surface area contributed by atoms with Crippen molar-refractivity contribution in [1.29, 1.82) is 0 Å². The summed E-state index contributed by atoms with van der Waals surface area (Å²) in [5, 5.41) is 4.08. The minimum Gasteiger partial charge on any atom is -0.341 e. The van der Waals surface area contributed by atoms with Crippen LogP contribution in [0.1, 0.15) is 38.3 Å². The van der Waals surface area contributed by atoms with Crippen LogP contribution in [0.2, 0.25) is 5.02 Å². The molecule has 1 aromatic carbocycles. The molecule has 3 nitrogen and oxygen atoms in total. The maximum atomic E-state index is 12.2. The number of carbonyl (C=O) groups is 1. The molecular formula is C15H21ClN2O. The Hall–Kier alpha value is -1.06. The predicted octanol–water partition coefficient (Wildman–Crippen LogP) is 3.00. The molecular weight excluding hydrogens is 260 g/mol. The predicted molar refractivity (Wildman–Crippen MR) is 78.3 cm³/mol. The van der Waals surface area contributed by atoms with Gasteiger partial charge in [0.05, 0.1) is 6.04 Å². The van der Waals surface area contributed by atoms with Crippen LogP contribution in [0.5, 0.6) is 0 Å². The number of hydrogen-bond acceptors (Lipinski definition) is 2. The molecule has 0 unspecified atom stereocenters. The number of hydrogen-bond donors (Lipinski definition) is 1. The van der Waals surface area contributed by atoms with Crippen LogP contribution in [0.4, 0.5) is 0 Å². The smallest absolute Gasteiger partial charge is 0.239 e. The first-order chi connectivity index (χ1) is 9.08. The summed E-state index contributed by atoms with van der Waals surface area (Å²) in [6.45, 7) is 5.79. The number of halogens is 1. The zero-order chi connectivity index (χ0) is 13.8. The highest BCUT2D eigenvalue weighted by Gasteiger charge is 2.24. The van der Waals surface area contributed by atoms with Gasteiger partial charge in [-0.1, -0.05) is 23.7 Å². The van der Waals surface area contributed by atoms with Crippen molar-refractivity contribution >= 4 is 17.5 Å². The second-order valence-corrected chi connectivity index (χ2v) is 5.63. The van der Waals surface area contributed by atoms with Gasteiger partial charge in [-0.3, -0.25) is 10.1 Å². The van der Waals surface area contributed by atoms with Crippen LogP contribution in [0.3, 0.4) is 0 Å². The molecule has 1 N–H and O–H groups in total. The quantitative estimate of drug-likeness (QED) is 0.920. The van der Waals surface area contributed by atoms with Crippen LogP contribution in [0, 0.1) is 0 Å². The fourth-order valence-corrected chi connectivity index (χ4v) is 2.73. The van der Waals surface area contributed by atoms with E-state index in [4.69, 9.17) is 11.6 Å². The Bertz CT molecular complexity index is 444. The highest BCUT2D eigenvalue weighted by Crippen LogP contribution is 2.18. The molecule has 0 saturated carbocycles. The minimum absolute atomic E-state index is 0.111. The molecule has 19 heavy (non-hydrogen) atoms. The van der Waals surface area contributed by atoms with E-state index in [2.05, 4.69) is 12.2 Å². The van der Waals surface area contributed by atoms with Crippen molar-refractivity contribution in [2.24, 2.45) is 0 Å². The van der Waals surface area contributed by atoms with E-state index < -0.39 is 0 Å². The van der Waals surface area contributed by atoms with E-state index in [1.54, 1.807) is 0 Å². The number of nitrogens with zero attached hydrogens (tertiary/aromatic N) is 1. The third-order valence-electron chi connectivity index (χ3n) is 3.64. The van der Waals surface area contributed by atoms with Crippen molar-refractivity contribution in [2.75, 3.05) is 13.1 Å². The lowest BCUT2D eigenvalue weighted by Gasteiger charge is -2.24. The number of likely N-dealkylation sites (tertiary alicyclic amines) is 1. The van der Waals surface area contributed by atoms with Gasteiger partial charge in [0.2, 0.25) is 5.91 Å². The standard InChI is InChI=1S/C15H21ClN2O/c1-11(13-6-5-7-14(16)10-13)17-12(2)15(19)18-8-3-4-9-18/h5-7,10-12,17H,3-4,8-9H2,1-2H3/t11-,12-/m1/s1. The van der Waals surface area contributed by atoms with Crippen LogP contribution < -0.4 is 5.32 Å². The molecule has 1 saturated heterocycles. The summed E-state index contributed by atoms with van der Waals surface area (Å²) in [6, 6.07) is 7.70. The number of carbonyl (C=O) groups excluding carboxylic acids is 1. The molecule has 2 atom stereocenters. The van der Waals surface area contributed by atoms with Gasteiger partial charge in [-0.2, -0.15) is 0 Å². The van der Waals surface area contributed by atoms with E-state index in [1.165, 1.54) is 0 Å². The normalized spacial score (nSPS) is 18.4. The largest absolute Gasteiger partial charge is 0.341 e. The first-order valence-corrected chi connectivity index (χ1v) is 7.26. The van der Waals surface area contributed by atoms with Gasteiger partial charge in [-0.25, -0.2) is 0 Å². The number of benzene rings is 1. The van der Waals surface area contributed by atoms with Crippen molar-refractivity contribution < 1.29 is 4.79 Å². The third kappa shape index (κ3) is 3.71. The second-order valence-electron chi connectivity index (χ2n) is 5.20. The molecule has 4 heteroatoms. The fourth-order valence-electron chi connectivity index (χ4n) is 2.53. The second kappa shape index (κ2) is 6.40. The van der Waals surface area contributed by atoms with E-state index in [-0.39, 0.29) is 18.0 Å². The van der Waals surface area contributed by atoms with Gasteiger partial charge in [0, 0.05) is 24.2 Å². The molecule has 1 aromatic rings. The molecule has 0 spiro atoms. The molecule has 1 aliphatic rings. The summed E-state index contributed by atoms with van der Waals surface area (Å²) in [7, 11) is 0. The summed E-state index contributed by atoms with van der Waals surface area (Å²) < 4.78 is 0. The summed E-state index contributed by atoms with van der Waals surface area (Å²) in [6.07, 6.45) is 2.25. The lowest BCUT2D eigenvalue weighted by Crippen LogP contribution is -2.44. The van der Waals surface area contributed by atoms with Gasteiger partial charge in [-0.05, 0) is 44.4 Å². The van der Waals surface area contributed by atoms with Gasteiger partial charge >= 0.3 is 0 Å². The molecule has 1 amide bonds. The lowest BCUT2D eigenvalue weighted by atomic mass is 10.1. The fraction of sp³-hybridized carbons (Fsp3) is 0.533. The van der Waals surface area contributed by atoms with E-state index in [0.29, 0.717) is 0 Å². The van der Waals surface area contributed by atoms with Crippen molar-refractivity contribution in [3.05, 3.63) is 34.9 Å². The van der Waals surface area contributed by atoms with Crippen LogP contribution in [0.25, 0.3) is 0 Å². The Kier molecular flexibility index (Phi) is 4.83. The van der Waals surface area contributed by atoms with E-state index >= 15 is 0 Å². The van der Waals surface area contributed by atoms with Crippen molar-refractivity contribution in [1.82, 2.24) is 10.2 Å². The van der Waals surface area contributed by atoms with Gasteiger partial charge in [0.1, 0.15) is 0 Å². The van der Waals surface area contributed by atoms with Crippen molar-refractivity contribution in [3.63, 3.8) is 0 Å². The molecule has 104 valence electrons. The number of amides is 1. The zero-order valence-electron chi connectivity index (χ0n) is 11.5. The lowest BCUT2D eigenvalue weighted by molar-refractivity contribution is -0.132. The first-order valence-electron chi connectivity index (χ1n) is 6.88. The Morgan fingerprint density at radius 2 is 2.00 bits per heavy atom. The highest BCUT2D eigenvalue weighted by molar-refractivity contribution is 6.30. The molecule has 0 aliphatic carbocycles. The van der Waals surface area contributed by atoms with Crippen LogP contribution in [-0.4, -0.2) is 29.9 Å². The Labute approximate surface area is 119 Å². The van der Waals surface area contributed by atoms with Crippen LogP contribution >= 0.6 is 11.6 Å². The maximum absolute atomic E-state index is 12.2. The number of nitrogens with one attached hydrogen (secondary N) is 1. The molecule has 0 aromatic heterocycles. The minimum atomic E-state index is -0.160. The SMILES string of the molecule is C[C@@H](N[C@H](C)c1cccc(Cl)c1)C(=O)N1CCCC1. The summed E-state index contributed by atoms with van der Waals surface area (Å²) in [4.78, 5) is 14.2. The molecule has 1 aliphatic heterocycles. The summed E-state index contributed by atoms with van der Waals surface area (Å²) in [5.41, 5.74) is 1.11. The van der Waals surface area contributed by atoms with Gasteiger partial charge in [-0.15, -0.1) is 0 Å². The van der Waals surface area contributed by atoms with Gasteiger partial charge in [0.15, 0.2) is 0 Å². The van der Waals surface area contributed by atoms with Crippen LogP contribution in [0.15, 0.2) is 24.3 Å². The zero-order valence-corrected chi connectivity index (χ0v) is 12.3. The van der Waals surface area contributed by atoms with E-state index in [0.717, 1.165) is 36.5 Å². The van der Waals surface area contributed by atoms with Crippen LogP contribution in [-0.2, 0) is 4.79 Å². The Morgan fingerprint density at radius 3 is 2.63 bits per heavy atom. The van der Waals surface area contributed by atoms with Crippen molar-refractivity contribution in [3.8, 4) is 0 Å².